The van der Waals surface area contributed by atoms with E-state index < -0.39 is 5.97 Å². The number of carbonyl (C=O) groups excluding carboxylic acids is 1. The number of ether oxygens (including phenoxy) is 2. The minimum atomic E-state index is -0.484. The predicted octanol–water partition coefficient (Wildman–Crippen LogP) is 4.73. The van der Waals surface area contributed by atoms with Crippen LogP contribution in [0.25, 0.3) is 27.9 Å². The fourth-order valence-electron chi connectivity index (χ4n) is 4.08. The molecule has 1 aromatic carbocycles. The van der Waals surface area contributed by atoms with Crippen LogP contribution < -0.4 is 11.1 Å². The molecule has 1 aromatic rings. The van der Waals surface area contributed by atoms with Crippen LogP contribution in [0.5, 0.6) is 0 Å². The second-order valence-corrected chi connectivity index (χ2v) is 8.28. The number of carbonyl (C=O) groups is 1. The number of aliphatic hydroxyl groups is 1. The number of aryl methyl sites for hydroxylation is 2. The van der Waals surface area contributed by atoms with Gasteiger partial charge in [-0.2, -0.15) is 0 Å². The molecule has 0 radical (unpaired) electrons. The van der Waals surface area contributed by atoms with Crippen LogP contribution in [-0.4, -0.2) is 44.0 Å². The molecule has 0 unspecified atom stereocenters. The normalized spacial score (nSPS) is 13.0. The molecule has 0 amide bonds. The summed E-state index contributed by atoms with van der Waals surface area (Å²) in [6.45, 7) is 12.6. The van der Waals surface area contributed by atoms with E-state index in [4.69, 9.17) is 24.7 Å². The lowest BCUT2D eigenvalue weighted by Crippen LogP contribution is -2.15. The maximum atomic E-state index is 13.2. The second kappa shape index (κ2) is 12.3. The van der Waals surface area contributed by atoms with Gasteiger partial charge in [0.05, 0.1) is 30.8 Å². The van der Waals surface area contributed by atoms with Crippen LogP contribution in [0.4, 0.5) is 5.69 Å². The Morgan fingerprint density at radius 3 is 2.61 bits per heavy atom. The third kappa shape index (κ3) is 5.75. The molecule has 7 nitrogen and oxygen atoms in total. The van der Waals surface area contributed by atoms with Gasteiger partial charge in [0.25, 0.3) is 0 Å². The quantitative estimate of drug-likeness (QED) is 0.106. The van der Waals surface area contributed by atoms with Gasteiger partial charge >= 0.3 is 5.97 Å². The lowest BCUT2D eigenvalue weighted by Gasteiger charge is -2.20. The zero-order chi connectivity index (χ0) is 26.2. The zero-order valence-electron chi connectivity index (χ0n) is 21.4. The summed E-state index contributed by atoms with van der Waals surface area (Å²) in [5, 5.41) is 10.5. The molecule has 0 saturated heterocycles. The number of rotatable bonds is 10. The molecule has 1 aliphatic heterocycles. The molecule has 3 rings (SSSR count). The molecule has 2 aliphatic rings. The number of nitrogens with two attached hydrogens (primary N) is 1. The minimum absolute atomic E-state index is 0.0692. The maximum Gasteiger partial charge on any atom is 0.338 e. The monoisotopic (exact) mass is 490 g/mol. The number of nitrogens with zero attached hydrogens (tertiary/aromatic N) is 1. The van der Waals surface area contributed by atoms with E-state index in [-0.39, 0.29) is 26.4 Å². The van der Waals surface area contributed by atoms with Gasteiger partial charge < -0.3 is 24.7 Å². The average Bonchev–Trinajstić information content (AvgIpc) is 2.84. The van der Waals surface area contributed by atoms with Crippen LogP contribution in [0.2, 0.25) is 0 Å². The fourth-order valence-corrected chi connectivity index (χ4v) is 4.08. The summed E-state index contributed by atoms with van der Waals surface area (Å²) in [7, 11) is 0. The molecular formula is C29H34N2O5. The summed E-state index contributed by atoms with van der Waals surface area (Å²) < 4.78 is 17.0. The minimum Gasteiger partial charge on any atom is -0.460 e. The first kappa shape index (κ1) is 26.9. The molecule has 0 fully saturated rings. The smallest absolute Gasteiger partial charge is 0.338 e. The van der Waals surface area contributed by atoms with Crippen molar-refractivity contribution < 1.29 is 23.8 Å². The standard InChI is InChI=1S/C29H34N2O5/c1-6-9-21(20(7-2)29(33)35-13-12-34-11-10-32)28-22-14-18(4)24(30)16-26(22)36-27-17-25(31-8-3)19(5)15-23(27)28/h6-7,9,14-17,32H,1,8,10-13,30H2,2-5H3/b20-7+,21-9+,31-25?. The van der Waals surface area contributed by atoms with Gasteiger partial charge in [0.15, 0.2) is 0 Å². The van der Waals surface area contributed by atoms with Crippen LogP contribution in [0.15, 0.2) is 64.1 Å². The molecular weight excluding hydrogens is 456 g/mol. The van der Waals surface area contributed by atoms with E-state index in [0.717, 1.165) is 33.0 Å². The fraction of sp³-hybridized carbons (Fsp3) is 0.310. The average molecular weight is 491 g/mol. The molecule has 36 heavy (non-hydrogen) atoms. The van der Waals surface area contributed by atoms with E-state index in [2.05, 4.69) is 11.6 Å². The van der Waals surface area contributed by atoms with E-state index in [0.29, 0.717) is 34.7 Å². The van der Waals surface area contributed by atoms with Crippen molar-refractivity contribution in [2.75, 3.05) is 38.7 Å². The molecule has 0 bridgehead atoms. The lowest BCUT2D eigenvalue weighted by molar-refractivity contribution is -0.140. The molecule has 0 aromatic heterocycles. The number of esters is 1. The highest BCUT2D eigenvalue weighted by atomic mass is 16.6. The molecule has 0 saturated carbocycles. The summed E-state index contributed by atoms with van der Waals surface area (Å²) >= 11 is 0. The predicted molar refractivity (Wildman–Crippen MR) is 144 cm³/mol. The van der Waals surface area contributed by atoms with Gasteiger partial charge in [-0.3, -0.25) is 4.99 Å². The Bertz CT molecular complexity index is 1360. The number of anilines is 1. The number of aliphatic hydroxyl groups excluding tert-OH is 1. The third-order valence-corrected chi connectivity index (χ3v) is 5.80. The van der Waals surface area contributed by atoms with Gasteiger partial charge in [-0.25, -0.2) is 4.79 Å². The molecule has 3 N–H and O–H groups in total. The molecule has 1 aliphatic carbocycles. The number of hydrogen-bond acceptors (Lipinski definition) is 7. The first-order valence-electron chi connectivity index (χ1n) is 12.0. The van der Waals surface area contributed by atoms with Crippen molar-refractivity contribution in [2.24, 2.45) is 4.99 Å². The van der Waals surface area contributed by atoms with Gasteiger partial charge in [0.1, 0.15) is 18.0 Å². The van der Waals surface area contributed by atoms with Gasteiger partial charge in [-0.1, -0.05) is 24.8 Å². The van der Waals surface area contributed by atoms with Crippen molar-refractivity contribution in [2.45, 2.75) is 27.7 Å². The summed E-state index contributed by atoms with van der Waals surface area (Å²) in [5.41, 5.74) is 12.0. The van der Waals surface area contributed by atoms with Crippen molar-refractivity contribution in [3.05, 3.63) is 76.7 Å². The van der Waals surface area contributed by atoms with Gasteiger partial charge in [-0.15, -0.1) is 0 Å². The molecule has 0 spiro atoms. The topological polar surface area (TPSA) is 107 Å². The first-order valence-corrected chi connectivity index (χ1v) is 12.0. The Kier molecular flexibility index (Phi) is 9.22. The summed E-state index contributed by atoms with van der Waals surface area (Å²) in [6.07, 6.45) is 5.18. The van der Waals surface area contributed by atoms with Crippen molar-refractivity contribution in [1.82, 2.24) is 0 Å². The Morgan fingerprint density at radius 1 is 1.17 bits per heavy atom. The number of benzene rings is 2. The Hall–Kier alpha value is -3.68. The Labute approximate surface area is 211 Å². The molecule has 0 atom stereocenters. The van der Waals surface area contributed by atoms with E-state index in [9.17, 15) is 4.79 Å². The van der Waals surface area contributed by atoms with Crippen molar-refractivity contribution in [1.29, 1.82) is 0 Å². The van der Waals surface area contributed by atoms with Crippen LogP contribution >= 0.6 is 0 Å². The molecule has 190 valence electrons. The number of hydrogen-bond donors (Lipinski definition) is 2. The van der Waals surface area contributed by atoms with Gasteiger partial charge in [-0.05, 0) is 56.5 Å². The number of fused-ring (bicyclic) bond motifs is 2. The summed E-state index contributed by atoms with van der Waals surface area (Å²) in [5.74, 6) is 0.150. The molecule has 1 heterocycles. The third-order valence-electron chi connectivity index (χ3n) is 5.80. The second-order valence-electron chi connectivity index (χ2n) is 8.28. The van der Waals surface area contributed by atoms with Crippen LogP contribution in [0.1, 0.15) is 30.5 Å². The summed E-state index contributed by atoms with van der Waals surface area (Å²) in [4.78, 5) is 17.8. The Balaban J connectivity index is 2.26. The SMILES string of the molecule is C=C/C=C(\C(=C/C)C(=O)OCCOCCO)c1c2cc(C)c(=NCC)cc-2oc2cc(N)c(C)cc12. The number of nitrogen functional groups attached to an aromatic ring is 1. The van der Waals surface area contributed by atoms with E-state index >= 15 is 0 Å². The van der Waals surface area contributed by atoms with Crippen molar-refractivity contribution in [3.63, 3.8) is 0 Å². The van der Waals surface area contributed by atoms with E-state index in [1.807, 2.05) is 45.0 Å². The summed E-state index contributed by atoms with van der Waals surface area (Å²) in [6, 6.07) is 7.74. The van der Waals surface area contributed by atoms with Gasteiger partial charge in [0, 0.05) is 40.9 Å². The van der Waals surface area contributed by atoms with Crippen LogP contribution in [0, 0.1) is 13.8 Å². The first-order chi connectivity index (χ1) is 17.4. The molecule has 7 heteroatoms. The maximum absolute atomic E-state index is 13.2. The highest BCUT2D eigenvalue weighted by molar-refractivity contribution is 6.13. The van der Waals surface area contributed by atoms with E-state index in [1.165, 1.54) is 0 Å². The van der Waals surface area contributed by atoms with Crippen LogP contribution in [-0.2, 0) is 14.3 Å². The van der Waals surface area contributed by atoms with Crippen molar-refractivity contribution in [3.8, 4) is 11.3 Å². The number of allylic oxidation sites excluding steroid dienone is 3. The Morgan fingerprint density at radius 2 is 1.94 bits per heavy atom. The largest absolute Gasteiger partial charge is 0.460 e. The zero-order valence-corrected chi connectivity index (χ0v) is 21.4. The lowest BCUT2D eigenvalue weighted by atomic mass is 9.87. The van der Waals surface area contributed by atoms with Gasteiger partial charge in [0.2, 0.25) is 0 Å². The highest BCUT2D eigenvalue weighted by Crippen LogP contribution is 2.41. The van der Waals surface area contributed by atoms with E-state index in [1.54, 1.807) is 25.2 Å². The highest BCUT2D eigenvalue weighted by Gasteiger charge is 2.25. The van der Waals surface area contributed by atoms with Crippen LogP contribution in [0.3, 0.4) is 0 Å². The van der Waals surface area contributed by atoms with Crippen molar-refractivity contribution >= 4 is 28.2 Å².